The third-order valence-electron chi connectivity index (χ3n) is 4.62. The van der Waals surface area contributed by atoms with Crippen molar-refractivity contribution >= 4 is 35.2 Å². The van der Waals surface area contributed by atoms with Gasteiger partial charge in [-0.3, -0.25) is 35.3 Å². The first-order valence-corrected chi connectivity index (χ1v) is 9.83. The minimum atomic E-state index is -0.580. The maximum atomic E-state index is 12.4. The van der Waals surface area contributed by atoms with E-state index in [1.165, 1.54) is 48.6 Å². The summed E-state index contributed by atoms with van der Waals surface area (Å²) in [7, 11) is 0. The van der Waals surface area contributed by atoms with Crippen LogP contribution in [0.1, 0.15) is 31.8 Å². The molecule has 0 radical (unpaired) electrons. The number of carbonyl (C=O) groups is 3. The molecular formula is C24H20N4O5. The number of hydrogen-bond donors (Lipinski definition) is 3. The number of aryl methyl sites for hydroxylation is 1. The van der Waals surface area contributed by atoms with Gasteiger partial charge >= 0.3 is 0 Å². The molecule has 0 saturated heterocycles. The lowest BCUT2D eigenvalue weighted by atomic mass is 10.1. The largest absolute Gasteiger partial charge is 0.322 e. The normalized spacial score (nSPS) is 10.5. The highest BCUT2D eigenvalue weighted by atomic mass is 16.6. The second kappa shape index (κ2) is 10.5. The Hall–Kier alpha value is -4.79. The molecule has 3 N–H and O–H groups in total. The van der Waals surface area contributed by atoms with Crippen molar-refractivity contribution in [1.29, 1.82) is 0 Å². The van der Waals surface area contributed by atoms with Gasteiger partial charge in [0.25, 0.3) is 23.4 Å². The van der Waals surface area contributed by atoms with Crippen molar-refractivity contribution in [1.82, 2.24) is 10.9 Å². The zero-order valence-electron chi connectivity index (χ0n) is 17.6. The van der Waals surface area contributed by atoms with Gasteiger partial charge in [0.2, 0.25) is 0 Å². The fourth-order valence-electron chi connectivity index (χ4n) is 2.84. The van der Waals surface area contributed by atoms with Crippen LogP contribution in [0.15, 0.2) is 78.9 Å². The predicted molar refractivity (Wildman–Crippen MR) is 123 cm³/mol. The standard InChI is InChI=1S/C24H20N4O5/c1-16-4-2-3-5-21(16)24(31)25-19-11-9-18(10-12-19)23(30)27-26-22(29)15-8-17-6-13-20(14-7-17)28(32)33/h2-15H,1H3,(H,25,31)(H,26,29)(H,27,30)/b15-8+. The molecular weight excluding hydrogens is 424 g/mol. The molecule has 3 aromatic rings. The number of amides is 3. The second-order valence-corrected chi connectivity index (χ2v) is 6.97. The molecule has 0 heterocycles. The monoisotopic (exact) mass is 444 g/mol. The minimum absolute atomic E-state index is 0.0513. The van der Waals surface area contributed by atoms with Crippen LogP contribution in [0, 0.1) is 17.0 Å². The van der Waals surface area contributed by atoms with Crippen LogP contribution in [0.5, 0.6) is 0 Å². The highest BCUT2D eigenvalue weighted by Gasteiger charge is 2.10. The molecule has 33 heavy (non-hydrogen) atoms. The molecule has 0 fully saturated rings. The van der Waals surface area contributed by atoms with Gasteiger partial charge in [-0.1, -0.05) is 18.2 Å². The lowest BCUT2D eigenvalue weighted by Crippen LogP contribution is -2.40. The van der Waals surface area contributed by atoms with Gasteiger partial charge in [-0.15, -0.1) is 0 Å². The molecule has 166 valence electrons. The van der Waals surface area contributed by atoms with Crippen LogP contribution in [0.2, 0.25) is 0 Å². The SMILES string of the molecule is Cc1ccccc1C(=O)Nc1ccc(C(=O)NNC(=O)/C=C/c2ccc([N+](=O)[O-])cc2)cc1. The van der Waals surface area contributed by atoms with Crippen LogP contribution < -0.4 is 16.2 Å². The Morgan fingerprint density at radius 3 is 2.15 bits per heavy atom. The average Bonchev–Trinajstić information content (AvgIpc) is 2.82. The molecule has 0 aromatic heterocycles. The van der Waals surface area contributed by atoms with Gasteiger partial charge in [-0.05, 0) is 66.6 Å². The van der Waals surface area contributed by atoms with Crippen molar-refractivity contribution in [3.8, 4) is 0 Å². The van der Waals surface area contributed by atoms with E-state index in [-0.39, 0.29) is 17.2 Å². The summed E-state index contributed by atoms with van der Waals surface area (Å²) in [6.45, 7) is 1.84. The minimum Gasteiger partial charge on any atom is -0.322 e. The summed E-state index contributed by atoms with van der Waals surface area (Å²) in [5, 5.41) is 13.4. The van der Waals surface area contributed by atoms with Crippen LogP contribution in [-0.2, 0) is 4.79 Å². The van der Waals surface area contributed by atoms with Crippen molar-refractivity contribution in [2.75, 3.05) is 5.32 Å². The summed E-state index contributed by atoms with van der Waals surface area (Å²) < 4.78 is 0. The lowest BCUT2D eigenvalue weighted by molar-refractivity contribution is -0.384. The average molecular weight is 444 g/mol. The van der Waals surface area contributed by atoms with Gasteiger partial charge in [0.1, 0.15) is 0 Å². The molecule has 0 aliphatic heterocycles. The van der Waals surface area contributed by atoms with Gasteiger partial charge in [0.05, 0.1) is 4.92 Å². The van der Waals surface area contributed by atoms with Crippen molar-refractivity contribution in [3.05, 3.63) is 111 Å². The smallest absolute Gasteiger partial charge is 0.269 e. The van der Waals surface area contributed by atoms with E-state index in [1.54, 1.807) is 24.3 Å². The molecule has 0 aliphatic rings. The number of rotatable bonds is 6. The third kappa shape index (κ3) is 6.34. The van der Waals surface area contributed by atoms with Crippen molar-refractivity contribution < 1.29 is 19.3 Å². The fourth-order valence-corrected chi connectivity index (χ4v) is 2.84. The van der Waals surface area contributed by atoms with Crippen LogP contribution in [0.4, 0.5) is 11.4 Å². The molecule has 3 aromatic carbocycles. The first-order chi connectivity index (χ1) is 15.8. The number of nitrogens with zero attached hydrogens (tertiary/aromatic N) is 1. The van der Waals surface area contributed by atoms with Gasteiger partial charge < -0.3 is 5.32 Å². The van der Waals surface area contributed by atoms with E-state index in [0.29, 0.717) is 16.8 Å². The van der Waals surface area contributed by atoms with Crippen molar-refractivity contribution in [3.63, 3.8) is 0 Å². The third-order valence-corrected chi connectivity index (χ3v) is 4.62. The Balaban J connectivity index is 1.51. The summed E-state index contributed by atoms with van der Waals surface area (Å²) in [6, 6.07) is 19.1. The summed E-state index contributed by atoms with van der Waals surface area (Å²) in [5.41, 5.74) is 7.29. The highest BCUT2D eigenvalue weighted by Crippen LogP contribution is 2.14. The highest BCUT2D eigenvalue weighted by molar-refractivity contribution is 6.05. The molecule has 0 bridgehead atoms. The first kappa shape index (κ1) is 22.9. The van der Waals surface area contributed by atoms with Crippen LogP contribution in [0.25, 0.3) is 6.08 Å². The van der Waals surface area contributed by atoms with Crippen LogP contribution in [0.3, 0.4) is 0 Å². The Morgan fingerprint density at radius 1 is 0.848 bits per heavy atom. The van der Waals surface area contributed by atoms with Crippen molar-refractivity contribution in [2.45, 2.75) is 6.92 Å². The quantitative estimate of drug-likeness (QED) is 0.304. The van der Waals surface area contributed by atoms with Gasteiger partial charge in [0, 0.05) is 35.0 Å². The summed E-state index contributed by atoms with van der Waals surface area (Å²) in [5.74, 6) is -1.37. The summed E-state index contributed by atoms with van der Waals surface area (Å²) in [4.78, 5) is 46.6. The van der Waals surface area contributed by atoms with Crippen molar-refractivity contribution in [2.24, 2.45) is 0 Å². The van der Waals surface area contributed by atoms with E-state index < -0.39 is 16.7 Å². The molecule has 3 amide bonds. The molecule has 3 rings (SSSR count). The van der Waals surface area contributed by atoms with E-state index >= 15 is 0 Å². The number of carbonyl (C=O) groups excluding carboxylic acids is 3. The van der Waals surface area contributed by atoms with E-state index in [0.717, 1.165) is 5.56 Å². The number of hydrazine groups is 1. The second-order valence-electron chi connectivity index (χ2n) is 6.97. The number of nitro groups is 1. The van der Waals surface area contributed by atoms with Crippen LogP contribution in [-0.4, -0.2) is 22.6 Å². The first-order valence-electron chi connectivity index (χ1n) is 9.83. The summed E-state index contributed by atoms with van der Waals surface area (Å²) in [6.07, 6.45) is 2.64. The number of nitro benzene ring substituents is 1. The van der Waals surface area contributed by atoms with E-state index in [4.69, 9.17) is 0 Å². The summed E-state index contributed by atoms with van der Waals surface area (Å²) >= 11 is 0. The predicted octanol–water partition coefficient (Wildman–Crippen LogP) is 3.63. The molecule has 0 atom stereocenters. The van der Waals surface area contributed by atoms with Gasteiger partial charge in [-0.2, -0.15) is 0 Å². The molecule has 0 unspecified atom stereocenters. The maximum absolute atomic E-state index is 12.4. The number of hydrogen-bond acceptors (Lipinski definition) is 5. The Labute approximate surface area is 189 Å². The zero-order chi connectivity index (χ0) is 23.8. The number of benzene rings is 3. The van der Waals surface area contributed by atoms with Crippen LogP contribution >= 0.6 is 0 Å². The topological polar surface area (TPSA) is 130 Å². The molecule has 0 saturated carbocycles. The Kier molecular flexibility index (Phi) is 7.28. The van der Waals surface area contributed by atoms with Gasteiger partial charge in [-0.25, -0.2) is 0 Å². The molecule has 9 nitrogen and oxygen atoms in total. The van der Waals surface area contributed by atoms with E-state index in [9.17, 15) is 24.5 Å². The number of anilines is 1. The zero-order valence-corrected chi connectivity index (χ0v) is 17.6. The fraction of sp³-hybridized carbons (Fsp3) is 0.0417. The van der Waals surface area contributed by atoms with E-state index in [1.807, 2.05) is 19.1 Å². The van der Waals surface area contributed by atoms with Gasteiger partial charge in [0.15, 0.2) is 0 Å². The Morgan fingerprint density at radius 2 is 1.52 bits per heavy atom. The molecule has 0 spiro atoms. The maximum Gasteiger partial charge on any atom is 0.269 e. The molecule has 9 heteroatoms. The Bertz CT molecular complexity index is 1220. The molecule has 0 aliphatic carbocycles. The number of nitrogens with one attached hydrogen (secondary N) is 3. The van der Waals surface area contributed by atoms with E-state index in [2.05, 4.69) is 16.2 Å². The lowest BCUT2D eigenvalue weighted by Gasteiger charge is -2.09. The number of non-ortho nitro benzene ring substituents is 1.